The maximum Gasteiger partial charge on any atom is 0.0217 e. The van der Waals surface area contributed by atoms with Gasteiger partial charge in [-0.15, -0.1) is 0 Å². The van der Waals surface area contributed by atoms with Gasteiger partial charge in [-0.1, -0.05) is 52.3 Å². The molecular formula is C10H11Br. The zero-order valence-electron chi connectivity index (χ0n) is 6.55. The molecule has 0 aliphatic rings. The van der Waals surface area contributed by atoms with Crippen LogP contribution in [0.1, 0.15) is 12.5 Å². The molecule has 0 unspecified atom stereocenters. The zero-order valence-corrected chi connectivity index (χ0v) is 8.14. The second kappa shape index (κ2) is 4.35. The minimum atomic E-state index is 0.924. The Balaban J connectivity index is 2.85. The van der Waals surface area contributed by atoms with Crippen LogP contribution in [0, 0.1) is 0 Å². The Morgan fingerprint density at radius 2 is 2.00 bits per heavy atom. The summed E-state index contributed by atoms with van der Waals surface area (Å²) in [4.78, 5) is 0. The molecule has 11 heavy (non-hydrogen) atoms. The summed E-state index contributed by atoms with van der Waals surface area (Å²) in [5, 5.41) is 0.924. The lowest BCUT2D eigenvalue weighted by Gasteiger charge is -1.98. The molecule has 0 saturated carbocycles. The van der Waals surface area contributed by atoms with E-state index in [9.17, 15) is 0 Å². The number of hydrogen-bond acceptors (Lipinski definition) is 0. The fourth-order valence-corrected chi connectivity index (χ4v) is 1.42. The van der Waals surface area contributed by atoms with Gasteiger partial charge in [-0.25, -0.2) is 0 Å². The third-order valence-corrected chi connectivity index (χ3v) is 1.94. The van der Waals surface area contributed by atoms with Gasteiger partial charge < -0.3 is 0 Å². The number of alkyl halides is 1. The van der Waals surface area contributed by atoms with E-state index in [1.165, 1.54) is 11.1 Å². The van der Waals surface area contributed by atoms with Crippen molar-refractivity contribution < 1.29 is 0 Å². The summed E-state index contributed by atoms with van der Waals surface area (Å²) < 4.78 is 0. The number of rotatable bonds is 2. The number of allylic oxidation sites excluding steroid dienone is 2. The second-order valence-electron chi connectivity index (χ2n) is 2.41. The first kappa shape index (κ1) is 8.54. The van der Waals surface area contributed by atoms with Crippen molar-refractivity contribution in [2.24, 2.45) is 0 Å². The van der Waals surface area contributed by atoms with Crippen LogP contribution in [0.2, 0.25) is 0 Å². The molecule has 0 fully saturated rings. The van der Waals surface area contributed by atoms with Gasteiger partial charge in [0.2, 0.25) is 0 Å². The maximum absolute atomic E-state index is 3.37. The molecular weight excluding hydrogens is 200 g/mol. The monoisotopic (exact) mass is 210 g/mol. The van der Waals surface area contributed by atoms with Crippen LogP contribution in [-0.4, -0.2) is 5.33 Å². The lowest BCUT2D eigenvalue weighted by atomic mass is 10.1. The van der Waals surface area contributed by atoms with E-state index in [0.717, 1.165) is 5.33 Å². The van der Waals surface area contributed by atoms with Crippen LogP contribution in [0.15, 0.2) is 36.4 Å². The Kier molecular flexibility index (Phi) is 3.37. The molecule has 0 atom stereocenters. The first-order valence-electron chi connectivity index (χ1n) is 3.62. The highest BCUT2D eigenvalue weighted by Crippen LogP contribution is 2.12. The molecule has 1 heteroatoms. The van der Waals surface area contributed by atoms with E-state index in [2.05, 4.69) is 53.2 Å². The molecule has 1 rings (SSSR count). The Hall–Kier alpha value is -0.560. The second-order valence-corrected chi connectivity index (χ2v) is 3.05. The van der Waals surface area contributed by atoms with Crippen LogP contribution in [0.25, 0.3) is 5.57 Å². The third-order valence-electron chi connectivity index (χ3n) is 1.61. The highest BCUT2D eigenvalue weighted by Gasteiger charge is 1.90. The summed E-state index contributed by atoms with van der Waals surface area (Å²) in [5.41, 5.74) is 2.62. The molecule has 0 aromatic heterocycles. The maximum atomic E-state index is 3.37. The molecule has 0 radical (unpaired) electrons. The molecule has 0 heterocycles. The largest absolute Gasteiger partial charge is 0.0883 e. The fourth-order valence-electron chi connectivity index (χ4n) is 0.935. The number of halogens is 1. The molecule has 0 N–H and O–H groups in total. The topological polar surface area (TPSA) is 0 Å². The standard InChI is InChI=1S/C10H11Br/c1-9(7-8-11)10-5-3-2-4-6-10/h2-7H,8H2,1H3. The Labute approximate surface area is 76.1 Å². The van der Waals surface area contributed by atoms with Crippen molar-refractivity contribution in [2.75, 3.05) is 5.33 Å². The minimum Gasteiger partial charge on any atom is -0.0883 e. The average molecular weight is 211 g/mol. The quantitative estimate of drug-likeness (QED) is 0.657. The molecule has 0 aliphatic heterocycles. The van der Waals surface area contributed by atoms with Crippen molar-refractivity contribution in [3.63, 3.8) is 0 Å². The van der Waals surface area contributed by atoms with Gasteiger partial charge in [-0.2, -0.15) is 0 Å². The van der Waals surface area contributed by atoms with Gasteiger partial charge in [0.1, 0.15) is 0 Å². The SMILES string of the molecule is CC(=CCBr)c1ccccc1. The first-order valence-corrected chi connectivity index (χ1v) is 4.75. The van der Waals surface area contributed by atoms with E-state index >= 15 is 0 Å². The van der Waals surface area contributed by atoms with Crippen molar-refractivity contribution >= 4 is 21.5 Å². The molecule has 58 valence electrons. The summed E-state index contributed by atoms with van der Waals surface area (Å²) in [6.07, 6.45) is 2.16. The zero-order chi connectivity index (χ0) is 8.10. The van der Waals surface area contributed by atoms with Crippen molar-refractivity contribution in [1.82, 2.24) is 0 Å². The van der Waals surface area contributed by atoms with Crippen LogP contribution >= 0.6 is 15.9 Å². The molecule has 1 aromatic carbocycles. The van der Waals surface area contributed by atoms with Crippen LogP contribution in [0.5, 0.6) is 0 Å². The summed E-state index contributed by atoms with van der Waals surface area (Å²) in [7, 11) is 0. The van der Waals surface area contributed by atoms with E-state index in [-0.39, 0.29) is 0 Å². The van der Waals surface area contributed by atoms with E-state index in [1.54, 1.807) is 0 Å². The molecule has 0 amide bonds. The van der Waals surface area contributed by atoms with Gasteiger partial charge >= 0.3 is 0 Å². The van der Waals surface area contributed by atoms with Gasteiger partial charge in [-0.05, 0) is 18.1 Å². The van der Waals surface area contributed by atoms with Crippen molar-refractivity contribution in [1.29, 1.82) is 0 Å². The van der Waals surface area contributed by atoms with Crippen LogP contribution in [0.4, 0.5) is 0 Å². The predicted molar refractivity (Wildman–Crippen MR) is 53.9 cm³/mol. The molecule has 0 saturated heterocycles. The summed E-state index contributed by atoms with van der Waals surface area (Å²) >= 11 is 3.37. The molecule has 0 spiro atoms. The average Bonchev–Trinajstić information content (AvgIpc) is 2.07. The van der Waals surface area contributed by atoms with Crippen molar-refractivity contribution in [3.05, 3.63) is 42.0 Å². The van der Waals surface area contributed by atoms with Gasteiger partial charge in [-0.3, -0.25) is 0 Å². The minimum absolute atomic E-state index is 0.924. The van der Waals surface area contributed by atoms with E-state index < -0.39 is 0 Å². The number of hydrogen-bond donors (Lipinski definition) is 0. The van der Waals surface area contributed by atoms with Crippen LogP contribution < -0.4 is 0 Å². The smallest absolute Gasteiger partial charge is 0.0217 e. The summed E-state index contributed by atoms with van der Waals surface area (Å²) in [6, 6.07) is 10.4. The molecule has 0 bridgehead atoms. The van der Waals surface area contributed by atoms with Crippen molar-refractivity contribution in [2.45, 2.75) is 6.92 Å². The predicted octanol–water partition coefficient (Wildman–Crippen LogP) is 3.48. The van der Waals surface area contributed by atoms with Crippen molar-refractivity contribution in [3.8, 4) is 0 Å². The van der Waals surface area contributed by atoms with Gasteiger partial charge in [0.15, 0.2) is 0 Å². The van der Waals surface area contributed by atoms with Gasteiger partial charge in [0.25, 0.3) is 0 Å². The summed E-state index contributed by atoms with van der Waals surface area (Å²) in [6.45, 7) is 2.12. The molecule has 1 aromatic rings. The van der Waals surface area contributed by atoms with E-state index in [4.69, 9.17) is 0 Å². The van der Waals surface area contributed by atoms with E-state index in [0.29, 0.717) is 0 Å². The first-order chi connectivity index (χ1) is 5.34. The Bertz CT molecular complexity index is 236. The fraction of sp³-hybridized carbons (Fsp3) is 0.200. The molecule has 0 aliphatic carbocycles. The van der Waals surface area contributed by atoms with Gasteiger partial charge in [0.05, 0.1) is 0 Å². The summed E-state index contributed by atoms with van der Waals surface area (Å²) in [5.74, 6) is 0. The van der Waals surface area contributed by atoms with Crippen LogP contribution in [-0.2, 0) is 0 Å². The normalized spacial score (nSPS) is 11.6. The Morgan fingerprint density at radius 1 is 1.36 bits per heavy atom. The molecule has 0 nitrogen and oxygen atoms in total. The third kappa shape index (κ3) is 2.51. The highest BCUT2D eigenvalue weighted by molar-refractivity contribution is 9.09. The highest BCUT2D eigenvalue weighted by atomic mass is 79.9. The van der Waals surface area contributed by atoms with E-state index in [1.807, 2.05) is 6.07 Å². The lowest BCUT2D eigenvalue weighted by molar-refractivity contribution is 1.55. The number of benzene rings is 1. The van der Waals surface area contributed by atoms with Gasteiger partial charge in [0, 0.05) is 5.33 Å². The Morgan fingerprint density at radius 3 is 2.55 bits per heavy atom. The van der Waals surface area contributed by atoms with Crippen LogP contribution in [0.3, 0.4) is 0 Å². The lowest BCUT2D eigenvalue weighted by Crippen LogP contribution is -1.77.